The molecule has 0 saturated heterocycles. The maximum Gasteiger partial charge on any atom is 0.0279 e. The Morgan fingerprint density at radius 2 is 1.43 bits per heavy atom. The third kappa shape index (κ3) is 5.24. The molecule has 1 atom stereocenters. The van der Waals surface area contributed by atoms with E-state index in [9.17, 15) is 0 Å². The Morgan fingerprint density at radius 1 is 0.857 bits per heavy atom. The van der Waals surface area contributed by atoms with Crippen LogP contribution in [0.5, 0.6) is 0 Å². The number of hydrogen-bond acceptors (Lipinski definition) is 0. The molecular weight excluding hydrogens is 192 g/mol. The van der Waals surface area contributed by atoms with Gasteiger partial charge in [-0.25, -0.2) is 0 Å². The van der Waals surface area contributed by atoms with E-state index in [1.807, 2.05) is 0 Å². The molecule has 0 bridgehead atoms. The van der Waals surface area contributed by atoms with Crippen LogP contribution in [0.25, 0.3) is 0 Å². The highest BCUT2D eigenvalue weighted by molar-refractivity contribution is 6.18. The van der Waals surface area contributed by atoms with Gasteiger partial charge in [-0.3, -0.25) is 0 Å². The molecule has 0 fully saturated rings. The molecular formula is C13H27Cl. The van der Waals surface area contributed by atoms with Gasteiger partial charge in [-0.05, 0) is 24.7 Å². The minimum atomic E-state index is 0.451. The molecule has 0 N–H and O–H groups in total. The lowest BCUT2D eigenvalue weighted by Gasteiger charge is -2.30. The smallest absolute Gasteiger partial charge is 0.0279 e. The first-order valence-corrected chi connectivity index (χ1v) is 6.84. The summed E-state index contributed by atoms with van der Waals surface area (Å²) in [6.45, 7) is 6.82. The minimum Gasteiger partial charge on any atom is -0.126 e. The van der Waals surface area contributed by atoms with Crippen molar-refractivity contribution in [1.29, 1.82) is 0 Å². The van der Waals surface area contributed by atoms with E-state index in [0.29, 0.717) is 5.41 Å². The second kappa shape index (κ2) is 8.59. The van der Waals surface area contributed by atoms with Crippen LogP contribution in [0.3, 0.4) is 0 Å². The van der Waals surface area contributed by atoms with E-state index in [1.165, 1.54) is 51.4 Å². The first-order chi connectivity index (χ1) is 6.74. The quantitative estimate of drug-likeness (QED) is 0.360. The Labute approximate surface area is 95.4 Å². The fraction of sp³-hybridized carbons (Fsp3) is 1.00. The summed E-state index contributed by atoms with van der Waals surface area (Å²) in [5.41, 5.74) is 0.451. The Balaban J connectivity index is 3.94. The maximum atomic E-state index is 6.14. The SMILES string of the molecule is CCCCCC(CC)(CCl)CCCC. The fourth-order valence-corrected chi connectivity index (χ4v) is 2.46. The van der Waals surface area contributed by atoms with Crippen molar-refractivity contribution in [1.82, 2.24) is 0 Å². The summed E-state index contributed by atoms with van der Waals surface area (Å²) in [4.78, 5) is 0. The summed E-state index contributed by atoms with van der Waals surface area (Å²) in [7, 11) is 0. The van der Waals surface area contributed by atoms with Crippen molar-refractivity contribution in [3.63, 3.8) is 0 Å². The molecule has 0 aliphatic rings. The van der Waals surface area contributed by atoms with Gasteiger partial charge in [-0.2, -0.15) is 0 Å². The summed E-state index contributed by atoms with van der Waals surface area (Å²) < 4.78 is 0. The van der Waals surface area contributed by atoms with Gasteiger partial charge >= 0.3 is 0 Å². The van der Waals surface area contributed by atoms with Crippen molar-refractivity contribution < 1.29 is 0 Å². The number of rotatable bonds is 9. The first kappa shape index (κ1) is 14.3. The van der Waals surface area contributed by atoms with E-state index < -0.39 is 0 Å². The zero-order valence-electron chi connectivity index (χ0n) is 10.2. The van der Waals surface area contributed by atoms with Gasteiger partial charge in [0.1, 0.15) is 0 Å². The monoisotopic (exact) mass is 218 g/mol. The lowest BCUT2D eigenvalue weighted by Crippen LogP contribution is -2.22. The molecule has 0 saturated carbocycles. The molecule has 0 aliphatic carbocycles. The van der Waals surface area contributed by atoms with Gasteiger partial charge in [0.15, 0.2) is 0 Å². The van der Waals surface area contributed by atoms with Crippen molar-refractivity contribution in [2.75, 3.05) is 5.88 Å². The summed E-state index contributed by atoms with van der Waals surface area (Å²) in [6.07, 6.45) is 10.6. The van der Waals surface area contributed by atoms with Crippen molar-refractivity contribution in [3.05, 3.63) is 0 Å². The van der Waals surface area contributed by atoms with Gasteiger partial charge in [0, 0.05) is 5.88 Å². The molecule has 0 amide bonds. The molecule has 1 heteroatoms. The maximum absolute atomic E-state index is 6.14. The fourth-order valence-electron chi connectivity index (χ4n) is 2.01. The highest BCUT2D eigenvalue weighted by atomic mass is 35.5. The Hall–Kier alpha value is 0.290. The number of alkyl halides is 1. The highest BCUT2D eigenvalue weighted by Gasteiger charge is 2.25. The van der Waals surface area contributed by atoms with Crippen LogP contribution in [0.4, 0.5) is 0 Å². The van der Waals surface area contributed by atoms with Crippen LogP contribution >= 0.6 is 11.6 Å². The molecule has 0 heterocycles. The molecule has 0 aromatic heterocycles. The zero-order valence-corrected chi connectivity index (χ0v) is 11.0. The number of unbranched alkanes of at least 4 members (excludes halogenated alkanes) is 3. The van der Waals surface area contributed by atoms with E-state index in [-0.39, 0.29) is 0 Å². The summed E-state index contributed by atoms with van der Waals surface area (Å²) in [5, 5.41) is 0. The van der Waals surface area contributed by atoms with Crippen LogP contribution in [-0.4, -0.2) is 5.88 Å². The number of halogens is 1. The number of hydrogen-bond donors (Lipinski definition) is 0. The van der Waals surface area contributed by atoms with Crippen LogP contribution in [0, 0.1) is 5.41 Å². The molecule has 0 radical (unpaired) electrons. The standard InChI is InChI=1S/C13H27Cl/c1-4-7-9-11-13(6-3,12-14)10-8-5-2/h4-12H2,1-3H3. The molecule has 1 unspecified atom stereocenters. The summed E-state index contributed by atoms with van der Waals surface area (Å²) in [5.74, 6) is 0.854. The Kier molecular flexibility index (Phi) is 8.76. The topological polar surface area (TPSA) is 0 Å². The average Bonchev–Trinajstić information content (AvgIpc) is 2.24. The second-order valence-electron chi connectivity index (χ2n) is 4.55. The molecule has 0 aromatic carbocycles. The molecule has 0 spiro atoms. The van der Waals surface area contributed by atoms with Crippen molar-refractivity contribution in [2.45, 2.75) is 72.1 Å². The second-order valence-corrected chi connectivity index (χ2v) is 4.82. The third-order valence-corrected chi connectivity index (χ3v) is 3.97. The third-order valence-electron chi connectivity index (χ3n) is 3.40. The Morgan fingerprint density at radius 3 is 1.86 bits per heavy atom. The predicted octanol–water partition coefficient (Wildman–Crippen LogP) is 5.39. The van der Waals surface area contributed by atoms with Crippen molar-refractivity contribution in [3.8, 4) is 0 Å². The first-order valence-electron chi connectivity index (χ1n) is 6.30. The van der Waals surface area contributed by atoms with Crippen LogP contribution in [0.1, 0.15) is 72.1 Å². The molecule has 0 nitrogen and oxygen atoms in total. The van der Waals surface area contributed by atoms with Crippen LogP contribution in [0.15, 0.2) is 0 Å². The highest BCUT2D eigenvalue weighted by Crippen LogP contribution is 2.35. The van der Waals surface area contributed by atoms with Crippen LogP contribution < -0.4 is 0 Å². The molecule has 0 rings (SSSR count). The lowest BCUT2D eigenvalue weighted by molar-refractivity contribution is 0.249. The van der Waals surface area contributed by atoms with Crippen LogP contribution in [-0.2, 0) is 0 Å². The molecule has 86 valence electrons. The molecule has 14 heavy (non-hydrogen) atoms. The van der Waals surface area contributed by atoms with Gasteiger partial charge in [0.05, 0.1) is 0 Å². The van der Waals surface area contributed by atoms with E-state index >= 15 is 0 Å². The van der Waals surface area contributed by atoms with E-state index in [1.54, 1.807) is 0 Å². The van der Waals surface area contributed by atoms with Crippen LogP contribution in [0.2, 0.25) is 0 Å². The minimum absolute atomic E-state index is 0.451. The van der Waals surface area contributed by atoms with Gasteiger partial charge in [-0.15, -0.1) is 11.6 Å². The van der Waals surface area contributed by atoms with E-state index in [4.69, 9.17) is 11.6 Å². The van der Waals surface area contributed by atoms with Gasteiger partial charge in [0.25, 0.3) is 0 Å². The zero-order chi connectivity index (χ0) is 10.9. The normalized spacial score (nSPS) is 15.4. The van der Waals surface area contributed by atoms with E-state index in [2.05, 4.69) is 20.8 Å². The van der Waals surface area contributed by atoms with Gasteiger partial charge < -0.3 is 0 Å². The van der Waals surface area contributed by atoms with Crippen molar-refractivity contribution in [2.24, 2.45) is 5.41 Å². The predicted molar refractivity (Wildman–Crippen MR) is 67.1 cm³/mol. The molecule has 0 aromatic rings. The van der Waals surface area contributed by atoms with Gasteiger partial charge in [0.2, 0.25) is 0 Å². The van der Waals surface area contributed by atoms with Crippen molar-refractivity contribution >= 4 is 11.6 Å². The lowest BCUT2D eigenvalue weighted by atomic mass is 9.78. The summed E-state index contributed by atoms with van der Waals surface area (Å²) in [6, 6.07) is 0. The summed E-state index contributed by atoms with van der Waals surface area (Å²) >= 11 is 6.14. The molecule has 0 aliphatic heterocycles. The van der Waals surface area contributed by atoms with Gasteiger partial charge in [-0.1, -0.05) is 52.9 Å². The van der Waals surface area contributed by atoms with E-state index in [0.717, 1.165) is 5.88 Å². The average molecular weight is 219 g/mol. The largest absolute Gasteiger partial charge is 0.126 e. The Bertz CT molecular complexity index is 116.